The number of phenols is 1. The first-order valence-corrected chi connectivity index (χ1v) is 6.07. The second-order valence-corrected chi connectivity index (χ2v) is 3.40. The number of hydrogen-bond donors (Lipinski definition) is 1. The minimum atomic E-state index is -0.823. The molecule has 19 heavy (non-hydrogen) atoms. The molecule has 5 heteroatoms. The van der Waals surface area contributed by atoms with Crippen LogP contribution in [0.2, 0.25) is 0 Å². The highest BCUT2D eigenvalue weighted by Gasteiger charge is 2.33. The number of phenolic OH excluding ortho intramolecular Hbond substituents is 1. The zero-order valence-electron chi connectivity index (χ0n) is 12.0. The molecule has 1 unspecified atom stereocenters. The third-order valence-electron chi connectivity index (χ3n) is 2.46. The Labute approximate surface area is 114 Å². The lowest BCUT2D eigenvalue weighted by atomic mass is 9.97. The van der Waals surface area contributed by atoms with Crippen LogP contribution in [-0.2, 0) is 19.0 Å². The van der Waals surface area contributed by atoms with E-state index in [0.717, 1.165) is 0 Å². The molecule has 1 rings (SSSR count). The number of aromatic hydroxyl groups is 1. The average molecular weight is 270 g/mol. The third kappa shape index (κ3) is 4.54. The molecule has 0 radical (unpaired) electrons. The number of rotatable bonds is 5. The van der Waals surface area contributed by atoms with Crippen molar-refractivity contribution in [2.24, 2.45) is 0 Å². The predicted molar refractivity (Wildman–Crippen MR) is 72.0 cm³/mol. The van der Waals surface area contributed by atoms with Gasteiger partial charge >= 0.3 is 5.97 Å². The van der Waals surface area contributed by atoms with E-state index in [0.29, 0.717) is 5.56 Å². The quantitative estimate of drug-likeness (QED) is 0.657. The van der Waals surface area contributed by atoms with Gasteiger partial charge in [0.05, 0.1) is 7.11 Å². The lowest BCUT2D eigenvalue weighted by molar-refractivity contribution is -0.163. The predicted octanol–water partition coefficient (Wildman–Crippen LogP) is 2.29. The standard InChI is InChI=1S/C12H16O5.C2H6/c1-15-11(14)10(12(16-2)17-3)8-6-4-5-7-9(8)13;1-2/h4-7,10,12-13H,1-3H3;1-2H3. The van der Waals surface area contributed by atoms with E-state index >= 15 is 0 Å². The molecular formula is C14H22O5. The van der Waals surface area contributed by atoms with Crippen molar-refractivity contribution in [3.8, 4) is 5.75 Å². The van der Waals surface area contributed by atoms with Crippen molar-refractivity contribution in [3.05, 3.63) is 29.8 Å². The fourth-order valence-corrected chi connectivity index (χ4v) is 1.63. The Morgan fingerprint density at radius 3 is 2.05 bits per heavy atom. The van der Waals surface area contributed by atoms with E-state index in [1.807, 2.05) is 13.8 Å². The Morgan fingerprint density at radius 1 is 1.11 bits per heavy atom. The maximum Gasteiger partial charge on any atom is 0.318 e. The zero-order chi connectivity index (χ0) is 14.8. The second-order valence-electron chi connectivity index (χ2n) is 3.40. The molecule has 5 nitrogen and oxygen atoms in total. The van der Waals surface area contributed by atoms with Gasteiger partial charge in [0.1, 0.15) is 11.7 Å². The molecule has 0 aliphatic carbocycles. The van der Waals surface area contributed by atoms with Crippen molar-refractivity contribution in [3.63, 3.8) is 0 Å². The SMILES string of the molecule is CC.COC(=O)C(c1ccccc1O)C(OC)OC. The number of hydrogen-bond acceptors (Lipinski definition) is 5. The highest BCUT2D eigenvalue weighted by molar-refractivity contribution is 5.79. The largest absolute Gasteiger partial charge is 0.508 e. The van der Waals surface area contributed by atoms with Gasteiger partial charge in [0.25, 0.3) is 0 Å². The smallest absolute Gasteiger partial charge is 0.318 e. The molecule has 0 saturated heterocycles. The summed E-state index contributed by atoms with van der Waals surface area (Å²) in [6, 6.07) is 6.50. The number of ether oxygens (including phenoxy) is 3. The second kappa shape index (κ2) is 9.35. The van der Waals surface area contributed by atoms with Gasteiger partial charge in [-0.3, -0.25) is 4.79 Å². The topological polar surface area (TPSA) is 65.0 Å². The van der Waals surface area contributed by atoms with Crippen molar-refractivity contribution in [1.29, 1.82) is 0 Å². The van der Waals surface area contributed by atoms with E-state index in [2.05, 4.69) is 0 Å². The normalized spacial score (nSPS) is 11.5. The Hall–Kier alpha value is -1.59. The summed E-state index contributed by atoms with van der Waals surface area (Å²) in [5.74, 6) is -1.35. The van der Waals surface area contributed by atoms with Gasteiger partial charge in [-0.05, 0) is 6.07 Å². The van der Waals surface area contributed by atoms with Gasteiger partial charge in [-0.25, -0.2) is 0 Å². The monoisotopic (exact) mass is 270 g/mol. The Kier molecular flexibility index (Phi) is 8.57. The van der Waals surface area contributed by atoms with Gasteiger partial charge in [0, 0.05) is 19.8 Å². The summed E-state index contributed by atoms with van der Waals surface area (Å²) in [7, 11) is 4.12. The van der Waals surface area contributed by atoms with E-state index in [1.54, 1.807) is 18.2 Å². The molecule has 0 heterocycles. The molecule has 0 aliphatic rings. The molecule has 1 aromatic carbocycles. The van der Waals surface area contributed by atoms with Crippen LogP contribution in [0.5, 0.6) is 5.75 Å². The number of methoxy groups -OCH3 is 3. The molecule has 1 N–H and O–H groups in total. The first kappa shape index (κ1) is 17.4. The molecule has 0 aliphatic heterocycles. The molecule has 108 valence electrons. The molecular weight excluding hydrogens is 248 g/mol. The summed E-state index contributed by atoms with van der Waals surface area (Å²) >= 11 is 0. The van der Waals surface area contributed by atoms with Gasteiger partial charge < -0.3 is 19.3 Å². The van der Waals surface area contributed by atoms with Gasteiger partial charge in [-0.1, -0.05) is 32.0 Å². The van der Waals surface area contributed by atoms with E-state index in [1.165, 1.54) is 27.4 Å². The minimum Gasteiger partial charge on any atom is -0.508 e. The number of carbonyl (C=O) groups excluding carboxylic acids is 1. The van der Waals surface area contributed by atoms with E-state index < -0.39 is 18.2 Å². The van der Waals surface area contributed by atoms with E-state index in [-0.39, 0.29) is 5.75 Å². The summed E-state index contributed by atoms with van der Waals surface area (Å²) in [6.07, 6.45) is -0.809. The lowest BCUT2D eigenvalue weighted by Crippen LogP contribution is -2.30. The number of carbonyl (C=O) groups is 1. The van der Waals surface area contributed by atoms with Crippen LogP contribution in [0.15, 0.2) is 24.3 Å². The minimum absolute atomic E-state index is 0.00185. The van der Waals surface area contributed by atoms with Gasteiger partial charge in [0.15, 0.2) is 6.29 Å². The van der Waals surface area contributed by atoms with Crippen molar-refractivity contribution < 1.29 is 24.1 Å². The first-order chi connectivity index (χ1) is 9.15. The van der Waals surface area contributed by atoms with Crippen LogP contribution in [0, 0.1) is 0 Å². The maximum absolute atomic E-state index is 11.7. The van der Waals surface area contributed by atoms with Gasteiger partial charge in [-0.2, -0.15) is 0 Å². The van der Waals surface area contributed by atoms with Crippen LogP contribution in [0.3, 0.4) is 0 Å². The van der Waals surface area contributed by atoms with Crippen LogP contribution in [0.25, 0.3) is 0 Å². The van der Waals surface area contributed by atoms with Gasteiger partial charge in [0.2, 0.25) is 0 Å². The summed E-state index contributed by atoms with van der Waals surface area (Å²) in [5.41, 5.74) is 0.410. The molecule has 0 aromatic heterocycles. The highest BCUT2D eigenvalue weighted by atomic mass is 16.7. The van der Waals surface area contributed by atoms with Gasteiger partial charge in [-0.15, -0.1) is 0 Å². The van der Waals surface area contributed by atoms with E-state index in [9.17, 15) is 9.90 Å². The van der Waals surface area contributed by atoms with Crippen molar-refractivity contribution in [2.45, 2.75) is 26.1 Å². The fourth-order valence-electron chi connectivity index (χ4n) is 1.63. The Bertz CT molecular complexity index is 374. The molecule has 1 atom stereocenters. The summed E-state index contributed by atoms with van der Waals surface area (Å²) in [4.78, 5) is 11.7. The number of para-hydroxylation sites is 1. The van der Waals surface area contributed by atoms with Crippen LogP contribution in [0.1, 0.15) is 25.3 Å². The van der Waals surface area contributed by atoms with Crippen LogP contribution < -0.4 is 0 Å². The maximum atomic E-state index is 11.7. The fraction of sp³-hybridized carbons (Fsp3) is 0.500. The number of esters is 1. The summed E-state index contributed by atoms with van der Waals surface area (Å²) in [6.45, 7) is 4.00. The first-order valence-electron chi connectivity index (χ1n) is 6.07. The third-order valence-corrected chi connectivity index (χ3v) is 2.46. The van der Waals surface area contributed by atoms with E-state index in [4.69, 9.17) is 14.2 Å². The average Bonchev–Trinajstić information content (AvgIpc) is 2.47. The summed E-state index contributed by atoms with van der Waals surface area (Å²) < 4.78 is 14.8. The van der Waals surface area contributed by atoms with Crippen LogP contribution in [-0.4, -0.2) is 38.7 Å². The Morgan fingerprint density at radius 2 is 1.63 bits per heavy atom. The molecule has 0 spiro atoms. The number of benzene rings is 1. The Balaban J connectivity index is 0.00000154. The van der Waals surface area contributed by atoms with Crippen molar-refractivity contribution >= 4 is 5.97 Å². The molecule has 0 saturated carbocycles. The van der Waals surface area contributed by atoms with Crippen molar-refractivity contribution in [2.75, 3.05) is 21.3 Å². The molecule has 0 bridgehead atoms. The van der Waals surface area contributed by atoms with Crippen LogP contribution >= 0.6 is 0 Å². The molecule has 0 fully saturated rings. The summed E-state index contributed by atoms with van der Waals surface area (Å²) in [5, 5.41) is 9.75. The molecule has 0 amide bonds. The highest BCUT2D eigenvalue weighted by Crippen LogP contribution is 2.30. The van der Waals surface area contributed by atoms with Crippen LogP contribution in [0.4, 0.5) is 0 Å². The van der Waals surface area contributed by atoms with Crippen molar-refractivity contribution in [1.82, 2.24) is 0 Å². The zero-order valence-corrected chi connectivity index (χ0v) is 12.0. The lowest BCUT2D eigenvalue weighted by Gasteiger charge is -2.23. The molecule has 1 aromatic rings.